The molecule has 3 rings (SSSR count). The molecule has 0 aromatic heterocycles. The summed E-state index contributed by atoms with van der Waals surface area (Å²) in [5.41, 5.74) is 1.19. The summed E-state index contributed by atoms with van der Waals surface area (Å²) in [6, 6.07) is 11.9. The molecule has 11 heteroatoms. The maximum absolute atomic E-state index is 12.7. The number of hydrogen-bond acceptors (Lipinski definition) is 7. The minimum absolute atomic E-state index is 0.196. The van der Waals surface area contributed by atoms with Crippen LogP contribution < -0.4 is 10.1 Å². The van der Waals surface area contributed by atoms with Gasteiger partial charge in [-0.15, -0.1) is 0 Å². The fraction of sp³-hybridized carbons (Fsp3) is 0.143. The normalized spacial score (nSPS) is 14.6. The number of benzene rings is 2. The predicted molar refractivity (Wildman–Crippen MR) is 127 cm³/mol. The topological polar surface area (TPSA) is 102 Å². The number of imide groups is 1. The molecule has 0 aliphatic carbocycles. The van der Waals surface area contributed by atoms with Gasteiger partial charge in [-0.1, -0.05) is 22.0 Å². The second-order valence-corrected chi connectivity index (χ2v) is 9.14. The summed E-state index contributed by atoms with van der Waals surface area (Å²) < 4.78 is 11.3. The third-order valence-corrected chi connectivity index (χ3v) is 6.19. The lowest BCUT2D eigenvalue weighted by atomic mass is 10.2. The van der Waals surface area contributed by atoms with Crippen LogP contribution in [0.4, 0.5) is 10.5 Å². The van der Waals surface area contributed by atoms with E-state index in [9.17, 15) is 19.2 Å². The first-order valence-corrected chi connectivity index (χ1v) is 11.5. The zero-order valence-electron chi connectivity index (χ0n) is 16.6. The number of carbonyl (C=O) groups excluding carboxylic acids is 4. The van der Waals surface area contributed by atoms with Crippen molar-refractivity contribution in [3.05, 3.63) is 61.9 Å². The average Bonchev–Trinajstić information content (AvgIpc) is 3.01. The van der Waals surface area contributed by atoms with Crippen LogP contribution in [0.2, 0.25) is 0 Å². The van der Waals surface area contributed by atoms with Gasteiger partial charge in [0.1, 0.15) is 12.3 Å². The fourth-order valence-corrected chi connectivity index (χ4v) is 4.20. The van der Waals surface area contributed by atoms with E-state index in [1.165, 1.54) is 7.11 Å². The highest BCUT2D eigenvalue weighted by Crippen LogP contribution is 2.34. The maximum atomic E-state index is 12.7. The number of carbonyl (C=O) groups is 4. The van der Waals surface area contributed by atoms with Gasteiger partial charge in [0.05, 0.1) is 16.5 Å². The van der Waals surface area contributed by atoms with E-state index in [1.807, 2.05) is 0 Å². The number of esters is 1. The number of methoxy groups -OCH3 is 1. The number of hydrogen-bond donors (Lipinski definition) is 1. The monoisotopic (exact) mass is 582 g/mol. The standard InChI is InChI=1S/C21H16Br2N2O6S/c1-30-19(27)11-31-16-7-2-12(8-15(16)23)9-17-20(28)25(21(29)32-17)10-18(26)24-14-5-3-13(22)4-6-14/h2-9H,10-11H2,1H3,(H,24,26)/b17-9+. The molecular weight excluding hydrogens is 568 g/mol. The van der Waals surface area contributed by atoms with E-state index in [4.69, 9.17) is 4.74 Å². The lowest BCUT2D eigenvalue weighted by Gasteiger charge is -2.12. The number of anilines is 1. The van der Waals surface area contributed by atoms with Crippen LogP contribution >= 0.6 is 43.6 Å². The first kappa shape index (κ1) is 24.0. The van der Waals surface area contributed by atoms with E-state index < -0.39 is 23.0 Å². The van der Waals surface area contributed by atoms with Crippen molar-refractivity contribution < 1.29 is 28.7 Å². The van der Waals surface area contributed by atoms with Gasteiger partial charge in [-0.3, -0.25) is 19.3 Å². The summed E-state index contributed by atoms with van der Waals surface area (Å²) in [7, 11) is 1.27. The van der Waals surface area contributed by atoms with E-state index in [-0.39, 0.29) is 18.1 Å². The van der Waals surface area contributed by atoms with E-state index in [0.717, 1.165) is 21.1 Å². The van der Waals surface area contributed by atoms with Crippen LogP contribution in [0.5, 0.6) is 5.75 Å². The molecule has 1 fully saturated rings. The van der Waals surface area contributed by atoms with Crippen molar-refractivity contribution in [3.63, 3.8) is 0 Å². The van der Waals surface area contributed by atoms with Crippen molar-refractivity contribution in [2.45, 2.75) is 0 Å². The Kier molecular flexibility index (Phi) is 8.10. The summed E-state index contributed by atoms with van der Waals surface area (Å²) in [5, 5.41) is 2.13. The van der Waals surface area contributed by atoms with Crippen molar-refractivity contribution in [3.8, 4) is 5.75 Å². The minimum Gasteiger partial charge on any atom is -0.481 e. The average molecular weight is 584 g/mol. The predicted octanol–water partition coefficient (Wildman–Crippen LogP) is 4.44. The van der Waals surface area contributed by atoms with E-state index in [0.29, 0.717) is 21.5 Å². The van der Waals surface area contributed by atoms with E-state index in [1.54, 1.807) is 48.5 Å². The third kappa shape index (κ3) is 6.21. The minimum atomic E-state index is -0.548. The SMILES string of the molecule is COC(=O)COc1ccc(/C=C2/SC(=O)N(CC(=O)Nc3ccc(Br)cc3)C2=O)cc1Br. The highest BCUT2D eigenvalue weighted by molar-refractivity contribution is 9.10. The smallest absolute Gasteiger partial charge is 0.343 e. The van der Waals surface area contributed by atoms with Gasteiger partial charge in [0, 0.05) is 10.2 Å². The maximum Gasteiger partial charge on any atom is 0.343 e. The van der Waals surface area contributed by atoms with Crippen molar-refractivity contribution in [2.75, 3.05) is 25.6 Å². The van der Waals surface area contributed by atoms with Gasteiger partial charge >= 0.3 is 5.97 Å². The summed E-state index contributed by atoms with van der Waals surface area (Å²) in [6.45, 7) is -0.627. The third-order valence-electron chi connectivity index (χ3n) is 4.13. The Bertz CT molecular complexity index is 1100. The second kappa shape index (κ2) is 10.8. The molecule has 1 heterocycles. The molecule has 1 saturated heterocycles. The molecular formula is C21H16Br2N2O6S. The molecule has 1 aliphatic rings. The molecule has 2 aromatic carbocycles. The van der Waals surface area contributed by atoms with Crippen molar-refractivity contribution in [2.24, 2.45) is 0 Å². The van der Waals surface area contributed by atoms with Crippen molar-refractivity contribution >= 4 is 78.4 Å². The van der Waals surface area contributed by atoms with Crippen LogP contribution in [-0.4, -0.2) is 48.2 Å². The molecule has 1 N–H and O–H groups in total. The number of nitrogens with one attached hydrogen (secondary N) is 1. The zero-order chi connectivity index (χ0) is 23.3. The first-order valence-electron chi connectivity index (χ1n) is 9.07. The van der Waals surface area contributed by atoms with Crippen LogP contribution in [0.3, 0.4) is 0 Å². The molecule has 0 saturated carbocycles. The number of halogens is 2. The van der Waals surface area contributed by atoms with Gasteiger partial charge in [-0.2, -0.15) is 0 Å². The van der Waals surface area contributed by atoms with Gasteiger partial charge < -0.3 is 14.8 Å². The van der Waals surface area contributed by atoms with Gasteiger partial charge in [0.2, 0.25) is 5.91 Å². The molecule has 0 spiro atoms. The van der Waals surface area contributed by atoms with Crippen LogP contribution in [0.25, 0.3) is 6.08 Å². The summed E-state index contributed by atoms with van der Waals surface area (Å²) in [5.74, 6) is -1.12. The quantitative estimate of drug-likeness (QED) is 0.380. The zero-order valence-corrected chi connectivity index (χ0v) is 20.6. The molecule has 3 amide bonds. The van der Waals surface area contributed by atoms with Gasteiger partial charge in [-0.25, -0.2) is 4.79 Å². The molecule has 8 nitrogen and oxygen atoms in total. The number of rotatable bonds is 7. The molecule has 166 valence electrons. The van der Waals surface area contributed by atoms with Crippen molar-refractivity contribution in [1.29, 1.82) is 0 Å². The van der Waals surface area contributed by atoms with Gasteiger partial charge in [0.25, 0.3) is 11.1 Å². The lowest BCUT2D eigenvalue weighted by Crippen LogP contribution is -2.36. The summed E-state index contributed by atoms with van der Waals surface area (Å²) in [4.78, 5) is 49.5. The summed E-state index contributed by atoms with van der Waals surface area (Å²) in [6.07, 6.45) is 1.55. The Balaban J connectivity index is 1.65. The highest BCUT2D eigenvalue weighted by atomic mass is 79.9. The Morgan fingerprint density at radius 3 is 2.50 bits per heavy atom. The Morgan fingerprint density at radius 1 is 1.12 bits per heavy atom. The first-order chi connectivity index (χ1) is 15.3. The molecule has 2 aromatic rings. The Labute approximate surface area is 204 Å². The van der Waals surface area contributed by atoms with E-state index in [2.05, 4.69) is 41.9 Å². The molecule has 32 heavy (non-hydrogen) atoms. The van der Waals surface area contributed by atoms with Gasteiger partial charge in [-0.05, 0) is 75.7 Å². The van der Waals surface area contributed by atoms with Crippen LogP contribution in [-0.2, 0) is 19.1 Å². The number of ether oxygens (including phenoxy) is 2. The fourth-order valence-electron chi connectivity index (χ4n) is 2.58. The van der Waals surface area contributed by atoms with Crippen LogP contribution in [0, 0.1) is 0 Å². The number of amides is 3. The van der Waals surface area contributed by atoms with Gasteiger partial charge in [0.15, 0.2) is 6.61 Å². The van der Waals surface area contributed by atoms with Crippen LogP contribution in [0.1, 0.15) is 5.56 Å². The largest absolute Gasteiger partial charge is 0.481 e. The Hall–Kier alpha value is -2.63. The molecule has 0 bridgehead atoms. The number of thioether (sulfide) groups is 1. The van der Waals surface area contributed by atoms with E-state index >= 15 is 0 Å². The molecule has 1 aliphatic heterocycles. The van der Waals surface area contributed by atoms with Crippen molar-refractivity contribution in [1.82, 2.24) is 4.90 Å². The highest BCUT2D eigenvalue weighted by Gasteiger charge is 2.36. The summed E-state index contributed by atoms with van der Waals surface area (Å²) >= 11 is 7.41. The Morgan fingerprint density at radius 2 is 1.84 bits per heavy atom. The molecule has 0 atom stereocenters. The second-order valence-electron chi connectivity index (χ2n) is 6.38. The number of nitrogens with zero attached hydrogens (tertiary/aromatic N) is 1. The molecule has 0 radical (unpaired) electrons. The van der Waals surface area contributed by atoms with Crippen LogP contribution in [0.15, 0.2) is 56.3 Å². The molecule has 0 unspecified atom stereocenters. The lowest BCUT2D eigenvalue weighted by molar-refractivity contribution is -0.142.